The molecule has 2 N–H and O–H groups in total. The minimum atomic E-state index is -0.612. The molecule has 0 amide bonds. The molecule has 0 aromatic heterocycles. The first-order valence-corrected chi connectivity index (χ1v) is 6.57. The third-order valence-corrected chi connectivity index (χ3v) is 3.05. The van der Waals surface area contributed by atoms with E-state index in [4.69, 9.17) is 15.2 Å². The highest BCUT2D eigenvalue weighted by molar-refractivity contribution is 5.76. The number of hydrogen-bond acceptors (Lipinski definition) is 4. The molecule has 0 saturated heterocycles. The van der Waals surface area contributed by atoms with Crippen LogP contribution in [0.2, 0.25) is 0 Å². The second kappa shape index (κ2) is 5.21. The smallest absolute Gasteiger partial charge is 0.323 e. The molecule has 1 aliphatic rings. The number of para-hydroxylation sites is 1. The number of rotatable bonds is 3. The van der Waals surface area contributed by atoms with Crippen LogP contribution < -0.4 is 10.5 Å². The molecular weight excluding hydrogens is 242 g/mol. The summed E-state index contributed by atoms with van der Waals surface area (Å²) in [7, 11) is 0. The summed E-state index contributed by atoms with van der Waals surface area (Å²) >= 11 is 0. The highest BCUT2D eigenvalue weighted by Gasteiger charge is 2.30. The molecule has 4 heteroatoms. The van der Waals surface area contributed by atoms with Crippen LogP contribution in [0.3, 0.4) is 0 Å². The van der Waals surface area contributed by atoms with Gasteiger partial charge in [-0.05, 0) is 33.3 Å². The lowest BCUT2D eigenvalue weighted by Crippen LogP contribution is -2.38. The lowest BCUT2D eigenvalue weighted by Gasteiger charge is -2.23. The molecule has 2 unspecified atom stereocenters. The van der Waals surface area contributed by atoms with Gasteiger partial charge in [-0.25, -0.2) is 0 Å². The van der Waals surface area contributed by atoms with Crippen LogP contribution in [0.15, 0.2) is 24.3 Å². The Morgan fingerprint density at radius 1 is 1.47 bits per heavy atom. The Morgan fingerprint density at radius 3 is 2.84 bits per heavy atom. The van der Waals surface area contributed by atoms with Gasteiger partial charge in [-0.15, -0.1) is 0 Å². The summed E-state index contributed by atoms with van der Waals surface area (Å²) < 4.78 is 10.9. The van der Waals surface area contributed by atoms with E-state index in [-0.39, 0.29) is 11.9 Å². The maximum absolute atomic E-state index is 11.9. The highest BCUT2D eigenvalue weighted by atomic mass is 16.6. The van der Waals surface area contributed by atoms with E-state index in [1.165, 1.54) is 0 Å². The van der Waals surface area contributed by atoms with Crippen molar-refractivity contribution in [2.45, 2.75) is 44.8 Å². The van der Waals surface area contributed by atoms with E-state index in [9.17, 15) is 4.79 Å². The molecule has 1 heterocycles. The van der Waals surface area contributed by atoms with Crippen molar-refractivity contribution in [3.05, 3.63) is 29.8 Å². The van der Waals surface area contributed by atoms with E-state index in [1.807, 2.05) is 45.0 Å². The lowest BCUT2D eigenvalue weighted by atomic mass is 9.94. The first-order valence-electron chi connectivity index (χ1n) is 6.57. The SMILES string of the molecule is CC(C)(C)OC(=O)C(N)CC1COc2ccccc21. The summed E-state index contributed by atoms with van der Waals surface area (Å²) in [5, 5.41) is 0. The molecule has 0 saturated carbocycles. The summed E-state index contributed by atoms with van der Waals surface area (Å²) in [5.41, 5.74) is 6.56. The first-order chi connectivity index (χ1) is 8.87. The molecule has 2 rings (SSSR count). The van der Waals surface area contributed by atoms with Crippen molar-refractivity contribution in [3.63, 3.8) is 0 Å². The number of carbonyl (C=O) groups excluding carboxylic acids is 1. The molecule has 0 aliphatic carbocycles. The molecule has 2 atom stereocenters. The monoisotopic (exact) mass is 263 g/mol. The Bertz CT molecular complexity index is 465. The number of benzene rings is 1. The van der Waals surface area contributed by atoms with E-state index in [1.54, 1.807) is 0 Å². The van der Waals surface area contributed by atoms with Gasteiger partial charge >= 0.3 is 5.97 Å². The zero-order valence-electron chi connectivity index (χ0n) is 11.7. The van der Waals surface area contributed by atoms with Crippen molar-refractivity contribution in [3.8, 4) is 5.75 Å². The average molecular weight is 263 g/mol. The van der Waals surface area contributed by atoms with Crippen LogP contribution in [0.5, 0.6) is 5.75 Å². The number of nitrogens with two attached hydrogens (primary N) is 1. The third kappa shape index (κ3) is 3.47. The molecule has 0 radical (unpaired) electrons. The Balaban J connectivity index is 1.97. The second-order valence-electron chi connectivity index (χ2n) is 5.92. The lowest BCUT2D eigenvalue weighted by molar-refractivity contribution is -0.156. The normalized spacial score (nSPS) is 19.5. The van der Waals surface area contributed by atoms with Crippen LogP contribution in [0.1, 0.15) is 38.7 Å². The second-order valence-corrected chi connectivity index (χ2v) is 5.92. The largest absolute Gasteiger partial charge is 0.493 e. The van der Waals surface area contributed by atoms with Crippen LogP contribution >= 0.6 is 0 Å². The number of ether oxygens (including phenoxy) is 2. The molecule has 0 spiro atoms. The maximum atomic E-state index is 11.9. The Hall–Kier alpha value is -1.55. The van der Waals surface area contributed by atoms with Gasteiger partial charge in [0.1, 0.15) is 17.4 Å². The van der Waals surface area contributed by atoms with Gasteiger partial charge in [0.2, 0.25) is 0 Å². The predicted octanol–water partition coefficient (Wildman–Crippen LogP) is 2.22. The van der Waals surface area contributed by atoms with E-state index < -0.39 is 11.6 Å². The molecule has 4 nitrogen and oxygen atoms in total. The van der Waals surface area contributed by atoms with Gasteiger partial charge in [-0.2, -0.15) is 0 Å². The van der Waals surface area contributed by atoms with E-state index in [0.717, 1.165) is 11.3 Å². The van der Waals surface area contributed by atoms with Crippen LogP contribution in [0.4, 0.5) is 0 Å². The molecule has 104 valence electrons. The summed E-state index contributed by atoms with van der Waals surface area (Å²) in [6.07, 6.45) is 0.548. The summed E-state index contributed by atoms with van der Waals surface area (Å²) in [6, 6.07) is 7.26. The van der Waals surface area contributed by atoms with Crippen molar-refractivity contribution in [2.24, 2.45) is 5.73 Å². The molecule has 1 aliphatic heterocycles. The molecule has 1 aromatic rings. The molecule has 0 bridgehead atoms. The van der Waals surface area contributed by atoms with E-state index in [0.29, 0.717) is 13.0 Å². The quantitative estimate of drug-likeness (QED) is 0.849. The minimum absolute atomic E-state index is 0.165. The van der Waals surface area contributed by atoms with Gasteiger partial charge in [0, 0.05) is 11.5 Å². The average Bonchev–Trinajstić information content (AvgIpc) is 2.70. The van der Waals surface area contributed by atoms with Crippen molar-refractivity contribution < 1.29 is 14.3 Å². The highest BCUT2D eigenvalue weighted by Crippen LogP contribution is 2.36. The number of esters is 1. The van der Waals surface area contributed by atoms with E-state index >= 15 is 0 Å². The van der Waals surface area contributed by atoms with Crippen molar-refractivity contribution in [1.29, 1.82) is 0 Å². The molecule has 19 heavy (non-hydrogen) atoms. The predicted molar refractivity (Wildman–Crippen MR) is 73.1 cm³/mol. The van der Waals surface area contributed by atoms with Crippen LogP contribution in [-0.2, 0) is 9.53 Å². The van der Waals surface area contributed by atoms with Crippen molar-refractivity contribution >= 4 is 5.97 Å². The standard InChI is InChI=1S/C15H21NO3/c1-15(2,3)19-14(17)12(16)8-10-9-18-13-7-5-4-6-11(10)13/h4-7,10,12H,8-9,16H2,1-3H3. The Kier molecular flexibility index (Phi) is 3.80. The zero-order valence-corrected chi connectivity index (χ0v) is 11.7. The Morgan fingerprint density at radius 2 is 2.16 bits per heavy atom. The number of carbonyl (C=O) groups is 1. The Labute approximate surface area is 113 Å². The fraction of sp³-hybridized carbons (Fsp3) is 0.533. The van der Waals surface area contributed by atoms with Gasteiger partial charge in [0.05, 0.1) is 6.61 Å². The van der Waals surface area contributed by atoms with Crippen LogP contribution in [-0.4, -0.2) is 24.2 Å². The number of fused-ring (bicyclic) bond motifs is 1. The molecule has 0 fully saturated rings. The maximum Gasteiger partial charge on any atom is 0.323 e. The summed E-state index contributed by atoms with van der Waals surface area (Å²) in [6.45, 7) is 6.10. The van der Waals surface area contributed by atoms with Gasteiger partial charge < -0.3 is 15.2 Å². The van der Waals surface area contributed by atoms with E-state index in [2.05, 4.69) is 0 Å². The fourth-order valence-electron chi connectivity index (χ4n) is 2.20. The molecule has 1 aromatic carbocycles. The van der Waals surface area contributed by atoms with Crippen LogP contribution in [0, 0.1) is 0 Å². The summed E-state index contributed by atoms with van der Waals surface area (Å²) in [4.78, 5) is 11.9. The third-order valence-electron chi connectivity index (χ3n) is 3.05. The van der Waals surface area contributed by atoms with Gasteiger partial charge in [0.15, 0.2) is 0 Å². The topological polar surface area (TPSA) is 61.5 Å². The zero-order chi connectivity index (χ0) is 14.0. The molecular formula is C15H21NO3. The van der Waals surface area contributed by atoms with Crippen molar-refractivity contribution in [1.82, 2.24) is 0 Å². The van der Waals surface area contributed by atoms with Crippen LogP contribution in [0.25, 0.3) is 0 Å². The van der Waals surface area contributed by atoms with Gasteiger partial charge in [-0.3, -0.25) is 4.79 Å². The first kappa shape index (κ1) is 13.9. The van der Waals surface area contributed by atoms with Crippen molar-refractivity contribution in [2.75, 3.05) is 6.61 Å². The van der Waals surface area contributed by atoms with Gasteiger partial charge in [-0.1, -0.05) is 18.2 Å². The summed E-state index contributed by atoms with van der Waals surface area (Å²) in [5.74, 6) is 0.708. The number of hydrogen-bond donors (Lipinski definition) is 1. The fourth-order valence-corrected chi connectivity index (χ4v) is 2.20. The minimum Gasteiger partial charge on any atom is -0.493 e. The van der Waals surface area contributed by atoms with Gasteiger partial charge in [0.25, 0.3) is 0 Å².